The molecule has 36 heavy (non-hydrogen) atoms. The number of hydrogen-bond donors (Lipinski definition) is 2. The predicted molar refractivity (Wildman–Crippen MR) is 135 cm³/mol. The van der Waals surface area contributed by atoms with Crippen LogP contribution < -0.4 is 15.4 Å². The second-order valence-electron chi connectivity index (χ2n) is 9.07. The fourth-order valence-corrected chi connectivity index (χ4v) is 4.15. The number of anilines is 2. The highest BCUT2D eigenvalue weighted by Crippen LogP contribution is 2.27. The van der Waals surface area contributed by atoms with Gasteiger partial charge in [0.15, 0.2) is 0 Å². The number of rotatable bonds is 3. The van der Waals surface area contributed by atoms with Gasteiger partial charge in [-0.05, 0) is 37.3 Å². The second kappa shape index (κ2) is 11.9. The minimum Gasteiger partial charge on any atom is -0.491 e. The number of ether oxygens (including phenoxy) is 2. The molecular weight excluding hydrogens is 467 g/mol. The minimum atomic E-state index is -0.579. The van der Waals surface area contributed by atoms with Gasteiger partial charge in [0, 0.05) is 57.5 Å². The summed E-state index contributed by atoms with van der Waals surface area (Å²) in [5.41, 5.74) is 0.995. The molecule has 2 N–H and O–H groups in total. The van der Waals surface area contributed by atoms with Crippen LogP contribution in [0.25, 0.3) is 0 Å². The Kier molecular flexibility index (Phi) is 8.87. The number of likely N-dealkylation sites (N-methyl/N-ethyl adjacent to an activating group) is 1. The molecule has 1 aliphatic heterocycles. The van der Waals surface area contributed by atoms with Crippen LogP contribution in [0, 0.1) is 11.7 Å². The van der Waals surface area contributed by atoms with Crippen molar-refractivity contribution in [1.82, 2.24) is 9.80 Å². The van der Waals surface area contributed by atoms with E-state index in [4.69, 9.17) is 9.47 Å². The molecule has 9 nitrogen and oxygen atoms in total. The van der Waals surface area contributed by atoms with E-state index in [9.17, 15) is 18.8 Å². The number of fused-ring (bicyclic) bond motifs is 1. The van der Waals surface area contributed by atoms with E-state index in [1.807, 2.05) is 13.8 Å². The predicted octanol–water partition coefficient (Wildman–Crippen LogP) is 3.82. The summed E-state index contributed by atoms with van der Waals surface area (Å²) in [6.45, 7) is 6.31. The summed E-state index contributed by atoms with van der Waals surface area (Å²) in [5, 5.41) is 5.23. The highest BCUT2D eigenvalue weighted by atomic mass is 19.1. The zero-order valence-corrected chi connectivity index (χ0v) is 21.2. The molecule has 2 aromatic carbocycles. The molecule has 0 saturated heterocycles. The van der Waals surface area contributed by atoms with Gasteiger partial charge in [0.25, 0.3) is 5.91 Å². The Morgan fingerprint density at radius 2 is 1.78 bits per heavy atom. The molecule has 1 heterocycles. The molecule has 4 amide bonds. The van der Waals surface area contributed by atoms with Crippen LogP contribution in [0.3, 0.4) is 0 Å². The van der Waals surface area contributed by atoms with Gasteiger partial charge < -0.3 is 29.9 Å². The topological polar surface area (TPSA) is 100 Å². The van der Waals surface area contributed by atoms with Gasteiger partial charge in [0.1, 0.15) is 18.2 Å². The number of halogens is 1. The molecule has 194 valence electrons. The third-order valence-corrected chi connectivity index (χ3v) is 6.19. The number of amides is 4. The smallest absolute Gasteiger partial charge is 0.323 e. The lowest BCUT2D eigenvalue weighted by atomic mass is 10.0. The maximum atomic E-state index is 13.4. The third kappa shape index (κ3) is 6.72. The standard InChI is InChI=1S/C26H33FN4O5/c1-16-13-31(18(3)32)17(2)15-36-23-12-21(29-26(34)28-20-8-6-7-19(27)11-20)9-10-22(23)25(33)30(4)14-24(16)35-5/h6-12,16-17,24H,13-15H2,1-5H3,(H2,28,29,34)/t16-,17-,24+/m0/s1. The minimum absolute atomic E-state index is 0.0151. The van der Waals surface area contributed by atoms with Crippen molar-refractivity contribution >= 4 is 29.2 Å². The molecule has 0 unspecified atom stereocenters. The highest BCUT2D eigenvalue weighted by molar-refractivity contribution is 6.01. The van der Waals surface area contributed by atoms with Gasteiger partial charge in [-0.1, -0.05) is 13.0 Å². The van der Waals surface area contributed by atoms with Crippen LogP contribution in [0.1, 0.15) is 31.1 Å². The van der Waals surface area contributed by atoms with Gasteiger partial charge >= 0.3 is 6.03 Å². The zero-order valence-electron chi connectivity index (χ0n) is 21.2. The fraction of sp³-hybridized carbons (Fsp3) is 0.423. The summed E-state index contributed by atoms with van der Waals surface area (Å²) >= 11 is 0. The average molecular weight is 501 g/mol. The van der Waals surface area contributed by atoms with Gasteiger partial charge in [-0.25, -0.2) is 9.18 Å². The summed E-state index contributed by atoms with van der Waals surface area (Å²) in [4.78, 5) is 41.4. The van der Waals surface area contributed by atoms with Crippen LogP contribution in [0.15, 0.2) is 42.5 Å². The third-order valence-electron chi connectivity index (χ3n) is 6.19. The van der Waals surface area contributed by atoms with Crippen molar-refractivity contribution in [2.24, 2.45) is 5.92 Å². The van der Waals surface area contributed by atoms with Crippen LogP contribution in [0.2, 0.25) is 0 Å². The molecule has 3 atom stereocenters. The van der Waals surface area contributed by atoms with E-state index in [-0.39, 0.29) is 42.2 Å². The maximum absolute atomic E-state index is 13.4. The van der Waals surface area contributed by atoms with E-state index in [2.05, 4.69) is 10.6 Å². The van der Waals surface area contributed by atoms with Crippen molar-refractivity contribution in [2.45, 2.75) is 32.9 Å². The largest absolute Gasteiger partial charge is 0.491 e. The number of carbonyl (C=O) groups excluding carboxylic acids is 3. The molecule has 0 bridgehead atoms. The molecule has 1 aliphatic rings. The number of nitrogens with zero attached hydrogens (tertiary/aromatic N) is 2. The molecule has 0 fully saturated rings. The maximum Gasteiger partial charge on any atom is 0.323 e. The molecule has 0 saturated carbocycles. The van der Waals surface area contributed by atoms with E-state index in [1.165, 1.54) is 25.1 Å². The Morgan fingerprint density at radius 3 is 2.42 bits per heavy atom. The Hall–Kier alpha value is -3.66. The number of urea groups is 1. The normalized spacial score (nSPS) is 20.9. The van der Waals surface area contributed by atoms with Gasteiger partial charge in [-0.15, -0.1) is 0 Å². The van der Waals surface area contributed by atoms with Crippen LogP contribution in [-0.4, -0.2) is 73.6 Å². The number of hydrogen-bond acceptors (Lipinski definition) is 5. The van der Waals surface area contributed by atoms with Crippen molar-refractivity contribution in [3.05, 3.63) is 53.8 Å². The second-order valence-corrected chi connectivity index (χ2v) is 9.07. The van der Waals surface area contributed by atoms with Crippen molar-refractivity contribution in [3.8, 4) is 5.75 Å². The van der Waals surface area contributed by atoms with E-state index >= 15 is 0 Å². The Morgan fingerprint density at radius 1 is 1.08 bits per heavy atom. The van der Waals surface area contributed by atoms with E-state index in [0.717, 1.165) is 0 Å². The number of carbonyl (C=O) groups is 3. The highest BCUT2D eigenvalue weighted by Gasteiger charge is 2.29. The lowest BCUT2D eigenvalue weighted by molar-refractivity contribution is -0.133. The number of nitrogens with one attached hydrogen (secondary N) is 2. The monoisotopic (exact) mass is 500 g/mol. The molecular formula is C26H33FN4O5. The van der Waals surface area contributed by atoms with E-state index in [0.29, 0.717) is 30.0 Å². The SMILES string of the molecule is CO[C@@H]1CN(C)C(=O)c2ccc(NC(=O)Nc3cccc(F)c3)cc2OC[C@H](C)N(C(C)=O)C[C@@H]1C. The summed E-state index contributed by atoms with van der Waals surface area (Å²) < 4.78 is 25.1. The first kappa shape index (κ1) is 26.9. The quantitative estimate of drug-likeness (QED) is 0.668. The Bertz CT molecular complexity index is 1110. The lowest BCUT2D eigenvalue weighted by Gasteiger charge is -2.35. The summed E-state index contributed by atoms with van der Waals surface area (Å²) in [6.07, 6.45) is -0.274. The van der Waals surface area contributed by atoms with E-state index < -0.39 is 11.8 Å². The van der Waals surface area contributed by atoms with Gasteiger partial charge in [-0.3, -0.25) is 9.59 Å². The first-order chi connectivity index (χ1) is 17.1. The van der Waals surface area contributed by atoms with Crippen molar-refractivity contribution in [1.29, 1.82) is 0 Å². The molecule has 0 aromatic heterocycles. The Labute approximate surface area is 210 Å². The number of benzene rings is 2. The molecule has 0 spiro atoms. The molecule has 10 heteroatoms. The lowest BCUT2D eigenvalue weighted by Crippen LogP contribution is -2.48. The zero-order chi connectivity index (χ0) is 26.4. The van der Waals surface area contributed by atoms with E-state index in [1.54, 1.807) is 48.2 Å². The van der Waals surface area contributed by atoms with Gasteiger partial charge in [0.2, 0.25) is 5.91 Å². The van der Waals surface area contributed by atoms with Crippen LogP contribution in [0.4, 0.5) is 20.6 Å². The number of methoxy groups -OCH3 is 1. The summed E-state index contributed by atoms with van der Waals surface area (Å²) in [5.74, 6) is -0.555. The fourth-order valence-electron chi connectivity index (χ4n) is 4.15. The van der Waals surface area contributed by atoms with Gasteiger partial charge in [0.05, 0.1) is 17.7 Å². The first-order valence-corrected chi connectivity index (χ1v) is 11.7. The summed E-state index contributed by atoms with van der Waals surface area (Å²) in [6, 6.07) is 9.41. The van der Waals surface area contributed by atoms with Crippen LogP contribution in [-0.2, 0) is 9.53 Å². The van der Waals surface area contributed by atoms with Gasteiger partial charge in [-0.2, -0.15) is 0 Å². The van der Waals surface area contributed by atoms with Crippen LogP contribution >= 0.6 is 0 Å². The molecule has 3 rings (SSSR count). The molecule has 0 radical (unpaired) electrons. The van der Waals surface area contributed by atoms with Crippen molar-refractivity contribution in [3.63, 3.8) is 0 Å². The Balaban J connectivity index is 1.87. The summed E-state index contributed by atoms with van der Waals surface area (Å²) in [7, 11) is 3.28. The molecule has 2 aromatic rings. The van der Waals surface area contributed by atoms with Crippen molar-refractivity contribution in [2.75, 3.05) is 44.5 Å². The first-order valence-electron chi connectivity index (χ1n) is 11.7. The molecule has 0 aliphatic carbocycles. The van der Waals surface area contributed by atoms with Crippen LogP contribution in [0.5, 0.6) is 5.75 Å². The average Bonchev–Trinajstić information content (AvgIpc) is 2.82. The van der Waals surface area contributed by atoms with Crippen molar-refractivity contribution < 1.29 is 28.2 Å².